The van der Waals surface area contributed by atoms with Crippen LogP contribution in [0, 0.1) is 0 Å². The molecule has 0 saturated carbocycles. The molecule has 0 fully saturated rings. The van der Waals surface area contributed by atoms with E-state index in [1.807, 2.05) is 61.6 Å². The minimum absolute atomic E-state index is 0.139. The first-order valence-electron chi connectivity index (χ1n) is 9.90. The van der Waals surface area contributed by atoms with Gasteiger partial charge in [-0.3, -0.25) is 9.48 Å². The van der Waals surface area contributed by atoms with Crippen LogP contribution in [0.4, 0.5) is 0 Å². The van der Waals surface area contributed by atoms with Crippen LogP contribution in [0.2, 0.25) is 0 Å². The lowest BCUT2D eigenvalue weighted by Gasteiger charge is -2.26. The Hall–Kier alpha value is -3.52. The van der Waals surface area contributed by atoms with Gasteiger partial charge in [-0.15, -0.1) is 11.3 Å². The molecule has 1 aliphatic heterocycles. The topological polar surface area (TPSA) is 74.6 Å². The first-order chi connectivity index (χ1) is 15.1. The van der Waals surface area contributed by atoms with Gasteiger partial charge in [0.2, 0.25) is 0 Å². The van der Waals surface area contributed by atoms with E-state index in [9.17, 15) is 4.79 Å². The number of hydrogen-bond donors (Lipinski definition) is 1. The molecule has 0 spiro atoms. The predicted octanol–water partition coefficient (Wildman–Crippen LogP) is 3.88. The molecule has 0 radical (unpaired) electrons. The number of nitrogens with zero attached hydrogens (tertiary/aromatic N) is 2. The van der Waals surface area contributed by atoms with Gasteiger partial charge in [0.05, 0.1) is 18.5 Å². The molecule has 2 aromatic heterocycles. The van der Waals surface area contributed by atoms with Crippen LogP contribution in [0.15, 0.2) is 54.6 Å². The number of thiophene rings is 1. The number of nitrogens with one attached hydrogen (secondary N) is 1. The van der Waals surface area contributed by atoms with Crippen LogP contribution in [-0.2, 0) is 7.05 Å². The third-order valence-electron chi connectivity index (χ3n) is 5.14. The van der Waals surface area contributed by atoms with E-state index in [-0.39, 0.29) is 12.0 Å². The van der Waals surface area contributed by atoms with Crippen LogP contribution in [0.3, 0.4) is 0 Å². The van der Waals surface area contributed by atoms with Gasteiger partial charge in [0.25, 0.3) is 5.91 Å². The third kappa shape index (κ3) is 3.70. The van der Waals surface area contributed by atoms with Gasteiger partial charge in [0, 0.05) is 18.0 Å². The summed E-state index contributed by atoms with van der Waals surface area (Å²) in [5, 5.41) is 8.55. The quantitative estimate of drug-likeness (QED) is 0.515. The number of hydrogen-bond acceptors (Lipinski definition) is 6. The number of fused-ring (bicyclic) bond motifs is 2. The number of ether oxygens (including phenoxy) is 3. The van der Waals surface area contributed by atoms with Crippen molar-refractivity contribution in [1.82, 2.24) is 15.1 Å². The molecule has 0 aliphatic carbocycles. The lowest BCUT2D eigenvalue weighted by molar-refractivity contribution is 0.0791. The second kappa shape index (κ2) is 7.96. The van der Waals surface area contributed by atoms with Crippen molar-refractivity contribution in [3.05, 3.63) is 59.5 Å². The Labute approximate surface area is 183 Å². The SMILES string of the molecule is COc1cccc(-c2nn(C)c3sc(C(=O)NC[C@@H]4COc5ccccc5O4)cc23)c1. The third-order valence-corrected chi connectivity index (χ3v) is 6.34. The summed E-state index contributed by atoms with van der Waals surface area (Å²) < 4.78 is 18.8. The second-order valence-electron chi connectivity index (χ2n) is 7.24. The number of amides is 1. The molecule has 158 valence electrons. The van der Waals surface area contributed by atoms with Crippen molar-refractivity contribution in [3.8, 4) is 28.5 Å². The summed E-state index contributed by atoms with van der Waals surface area (Å²) in [6.07, 6.45) is -0.234. The average molecular weight is 436 g/mol. The highest BCUT2D eigenvalue weighted by Gasteiger charge is 2.23. The van der Waals surface area contributed by atoms with Gasteiger partial charge in [0.1, 0.15) is 29.0 Å². The number of aromatic nitrogens is 2. The number of carbonyl (C=O) groups is 1. The maximum atomic E-state index is 12.8. The fourth-order valence-corrected chi connectivity index (χ4v) is 4.58. The zero-order valence-corrected chi connectivity index (χ0v) is 17.9. The molecular formula is C23H21N3O4S. The van der Waals surface area contributed by atoms with Crippen molar-refractivity contribution in [2.45, 2.75) is 6.10 Å². The summed E-state index contributed by atoms with van der Waals surface area (Å²) >= 11 is 1.42. The lowest BCUT2D eigenvalue weighted by atomic mass is 10.1. The Morgan fingerprint density at radius 3 is 2.90 bits per heavy atom. The summed E-state index contributed by atoms with van der Waals surface area (Å²) in [5.74, 6) is 2.05. The zero-order valence-electron chi connectivity index (χ0n) is 17.1. The highest BCUT2D eigenvalue weighted by molar-refractivity contribution is 7.20. The van der Waals surface area contributed by atoms with E-state index < -0.39 is 0 Å². The van der Waals surface area contributed by atoms with Gasteiger partial charge in [-0.1, -0.05) is 24.3 Å². The molecule has 1 N–H and O–H groups in total. The maximum absolute atomic E-state index is 12.8. The van der Waals surface area contributed by atoms with Crippen molar-refractivity contribution in [1.29, 1.82) is 0 Å². The predicted molar refractivity (Wildman–Crippen MR) is 119 cm³/mol. The van der Waals surface area contributed by atoms with E-state index in [0.717, 1.165) is 33.0 Å². The average Bonchev–Trinajstić information content (AvgIpc) is 3.38. The molecule has 1 aliphatic rings. The molecule has 7 nitrogen and oxygen atoms in total. The number of carbonyl (C=O) groups excluding carboxylic acids is 1. The molecule has 1 atom stereocenters. The Kier molecular flexibility index (Phi) is 4.99. The van der Waals surface area contributed by atoms with E-state index >= 15 is 0 Å². The molecular weight excluding hydrogens is 414 g/mol. The Morgan fingerprint density at radius 1 is 1.23 bits per heavy atom. The largest absolute Gasteiger partial charge is 0.497 e. The molecule has 0 unspecified atom stereocenters. The molecule has 5 rings (SSSR count). The number of aryl methyl sites for hydroxylation is 1. The van der Waals surface area contributed by atoms with E-state index in [1.165, 1.54) is 11.3 Å². The highest BCUT2D eigenvalue weighted by Crippen LogP contribution is 2.35. The van der Waals surface area contributed by atoms with E-state index in [1.54, 1.807) is 11.8 Å². The molecule has 0 bridgehead atoms. The number of methoxy groups -OCH3 is 1. The van der Waals surface area contributed by atoms with Crippen LogP contribution >= 0.6 is 11.3 Å². The molecule has 0 saturated heterocycles. The van der Waals surface area contributed by atoms with E-state index in [0.29, 0.717) is 23.8 Å². The molecule has 1 amide bonds. The number of benzene rings is 2. The molecule has 3 heterocycles. The van der Waals surface area contributed by atoms with Crippen molar-refractivity contribution in [2.75, 3.05) is 20.3 Å². The van der Waals surface area contributed by atoms with Crippen LogP contribution in [0.1, 0.15) is 9.67 Å². The van der Waals surface area contributed by atoms with Gasteiger partial charge in [0.15, 0.2) is 11.5 Å². The van der Waals surface area contributed by atoms with Crippen LogP contribution in [-0.4, -0.2) is 42.1 Å². The minimum Gasteiger partial charge on any atom is -0.497 e. The Morgan fingerprint density at radius 2 is 2.06 bits per heavy atom. The number of rotatable bonds is 5. The lowest BCUT2D eigenvalue weighted by Crippen LogP contribution is -2.40. The Bertz CT molecular complexity index is 1260. The zero-order chi connectivity index (χ0) is 21.4. The summed E-state index contributed by atoms with van der Waals surface area (Å²) in [6, 6.07) is 17.2. The molecule has 8 heteroatoms. The van der Waals surface area contributed by atoms with Gasteiger partial charge < -0.3 is 19.5 Å². The maximum Gasteiger partial charge on any atom is 0.261 e. The van der Waals surface area contributed by atoms with Crippen LogP contribution < -0.4 is 19.5 Å². The Balaban J connectivity index is 1.33. The summed E-state index contributed by atoms with van der Waals surface area (Å²) in [7, 11) is 3.52. The van der Waals surface area contributed by atoms with Gasteiger partial charge >= 0.3 is 0 Å². The first kappa shape index (κ1) is 19.4. The summed E-state index contributed by atoms with van der Waals surface area (Å²) in [6.45, 7) is 0.760. The van der Waals surface area contributed by atoms with Gasteiger partial charge in [-0.05, 0) is 30.3 Å². The van der Waals surface area contributed by atoms with Crippen molar-refractivity contribution < 1.29 is 19.0 Å². The van der Waals surface area contributed by atoms with Crippen molar-refractivity contribution in [2.24, 2.45) is 7.05 Å². The summed E-state index contributed by atoms with van der Waals surface area (Å²) in [5.41, 5.74) is 1.77. The molecule has 4 aromatic rings. The van der Waals surface area contributed by atoms with Crippen molar-refractivity contribution >= 4 is 27.5 Å². The molecule has 31 heavy (non-hydrogen) atoms. The van der Waals surface area contributed by atoms with E-state index in [2.05, 4.69) is 10.4 Å². The standard InChI is InChI=1S/C23H21N3O4S/c1-26-23-17(21(25-26)14-6-5-7-15(10-14)28-2)11-20(31-23)22(27)24-12-16-13-29-18-8-3-4-9-19(18)30-16/h3-11,16H,12-13H2,1-2H3,(H,24,27)/t16-/m1/s1. The summed E-state index contributed by atoms with van der Waals surface area (Å²) in [4.78, 5) is 14.4. The fourth-order valence-electron chi connectivity index (χ4n) is 3.59. The van der Waals surface area contributed by atoms with Crippen LogP contribution in [0.5, 0.6) is 17.2 Å². The monoisotopic (exact) mass is 435 g/mol. The van der Waals surface area contributed by atoms with Crippen LogP contribution in [0.25, 0.3) is 21.5 Å². The van der Waals surface area contributed by atoms with Gasteiger partial charge in [-0.25, -0.2) is 0 Å². The normalized spacial score (nSPS) is 15.1. The smallest absolute Gasteiger partial charge is 0.261 e. The second-order valence-corrected chi connectivity index (χ2v) is 8.27. The molecule has 2 aromatic carbocycles. The fraction of sp³-hybridized carbons (Fsp3) is 0.217. The minimum atomic E-state index is -0.234. The van der Waals surface area contributed by atoms with E-state index in [4.69, 9.17) is 14.2 Å². The van der Waals surface area contributed by atoms with Crippen molar-refractivity contribution in [3.63, 3.8) is 0 Å². The van der Waals surface area contributed by atoms with Gasteiger partial charge in [-0.2, -0.15) is 5.10 Å². The highest BCUT2D eigenvalue weighted by atomic mass is 32.1. The first-order valence-corrected chi connectivity index (χ1v) is 10.7. The number of para-hydroxylation sites is 2.